The molecule has 0 aliphatic carbocycles. The van der Waals surface area contributed by atoms with Crippen LogP contribution in [0.25, 0.3) is 64.6 Å². The van der Waals surface area contributed by atoms with Crippen LogP contribution in [0, 0.1) is 20.8 Å². The first kappa shape index (κ1) is 40.9. The predicted molar refractivity (Wildman–Crippen MR) is 276 cm³/mol. The van der Waals surface area contributed by atoms with Gasteiger partial charge in [0.2, 0.25) is 0 Å². The lowest BCUT2D eigenvalue weighted by atomic mass is 9.91. The summed E-state index contributed by atoms with van der Waals surface area (Å²) in [5.74, 6) is 0.896. The van der Waals surface area contributed by atoms with Gasteiger partial charge in [0.25, 0.3) is 0 Å². The lowest BCUT2D eigenvalue weighted by molar-refractivity contribution is 1.21. The van der Waals surface area contributed by atoms with Crippen LogP contribution in [0.1, 0.15) is 44.4 Å². The summed E-state index contributed by atoms with van der Waals surface area (Å²) in [5.41, 5.74) is 9.25. The van der Waals surface area contributed by atoms with E-state index in [-0.39, 0.29) is 0 Å². The summed E-state index contributed by atoms with van der Waals surface area (Å²) in [7, 11) is 0. The zero-order chi connectivity index (χ0) is 43.6. The van der Waals surface area contributed by atoms with Gasteiger partial charge >= 0.3 is 0 Å². The molecule has 3 heteroatoms. The number of benzene rings is 10. The molecule has 0 aliphatic heterocycles. The fraction of sp³-hybridized carbons (Fsp3) is 0.117. The van der Waals surface area contributed by atoms with Crippen molar-refractivity contribution in [2.75, 3.05) is 9.80 Å². The second-order valence-electron chi connectivity index (χ2n) is 15.8. The van der Waals surface area contributed by atoms with Crippen LogP contribution in [-0.2, 0) is 0 Å². The fourth-order valence-corrected chi connectivity index (χ4v) is 9.10. The largest absolute Gasteiger partial charge is 0.309 e. The Morgan fingerprint density at radius 1 is 0.333 bits per heavy atom. The fourth-order valence-electron chi connectivity index (χ4n) is 9.10. The van der Waals surface area contributed by atoms with Crippen molar-refractivity contribution in [1.82, 2.24) is 4.98 Å². The SMILES string of the molecule is CC.CC.Cc1ccc2c(N(c3ccc4ccccc4c3)c3nccc4ccccc34)c3cc(C)c(C)cc3c(N(c3ccc4ccccc4c3)c3cccc4ccccc34)c2c1. The molecule has 1 aromatic heterocycles. The number of fused-ring (bicyclic) bond motifs is 6. The number of aryl methyl sites for hydroxylation is 3. The molecule has 10 aromatic carbocycles. The maximum atomic E-state index is 5.24. The Hall–Kier alpha value is -7.49. The van der Waals surface area contributed by atoms with E-state index in [9.17, 15) is 0 Å². The summed E-state index contributed by atoms with van der Waals surface area (Å²) >= 11 is 0. The van der Waals surface area contributed by atoms with E-state index in [4.69, 9.17) is 4.98 Å². The van der Waals surface area contributed by atoms with Crippen LogP contribution in [-0.4, -0.2) is 4.98 Å². The highest BCUT2D eigenvalue weighted by Gasteiger charge is 2.28. The third kappa shape index (κ3) is 7.30. The highest BCUT2D eigenvalue weighted by molar-refractivity contribution is 6.25. The first-order valence-corrected chi connectivity index (χ1v) is 22.4. The standard InChI is InChI=1S/C56H41N3.2C2H6/c1-36-23-28-49-50(31-36)55(58(45-26-24-39-13-4-6-17-43(39)34-45)53-22-12-19-41-15-8-10-20-47(41)53)52-33-38(3)37(2)32-51(52)54(49)59(46-27-25-40-14-5-7-18-44(40)35-46)56-48-21-11-9-16-42(48)29-30-57-56;2*1-2/h4-35H,1-3H3;2*1-2H3. The Labute approximate surface area is 371 Å². The molecule has 0 saturated heterocycles. The first-order valence-electron chi connectivity index (χ1n) is 22.4. The monoisotopic (exact) mass is 815 g/mol. The summed E-state index contributed by atoms with van der Waals surface area (Å²) in [4.78, 5) is 10.2. The highest BCUT2D eigenvalue weighted by Crippen LogP contribution is 2.53. The molecule has 0 N–H and O–H groups in total. The third-order valence-electron chi connectivity index (χ3n) is 12.1. The maximum Gasteiger partial charge on any atom is 0.145 e. The molecule has 11 aromatic rings. The minimum absolute atomic E-state index is 0.896. The normalized spacial score (nSPS) is 11.1. The van der Waals surface area contributed by atoms with E-state index in [1.807, 2.05) is 33.9 Å². The van der Waals surface area contributed by atoms with Crippen molar-refractivity contribution in [2.24, 2.45) is 0 Å². The summed E-state index contributed by atoms with van der Waals surface area (Å²) in [5, 5.41) is 14.1. The van der Waals surface area contributed by atoms with Crippen molar-refractivity contribution >= 4 is 98.9 Å². The topological polar surface area (TPSA) is 19.4 Å². The molecular weight excluding hydrogens is 763 g/mol. The minimum atomic E-state index is 0.896. The van der Waals surface area contributed by atoms with Gasteiger partial charge in [0, 0.05) is 49.9 Å². The van der Waals surface area contributed by atoms with Crippen LogP contribution >= 0.6 is 0 Å². The van der Waals surface area contributed by atoms with Crippen molar-refractivity contribution < 1.29 is 0 Å². The number of aromatic nitrogens is 1. The van der Waals surface area contributed by atoms with Crippen molar-refractivity contribution in [2.45, 2.75) is 48.5 Å². The van der Waals surface area contributed by atoms with E-state index in [1.165, 1.54) is 59.8 Å². The molecule has 0 saturated carbocycles. The number of hydrogen-bond acceptors (Lipinski definition) is 3. The lowest BCUT2D eigenvalue weighted by Gasteiger charge is -2.34. The van der Waals surface area contributed by atoms with Crippen molar-refractivity contribution in [1.29, 1.82) is 0 Å². The summed E-state index contributed by atoms with van der Waals surface area (Å²) in [6, 6.07) is 68.9. The second-order valence-corrected chi connectivity index (χ2v) is 15.8. The zero-order valence-corrected chi connectivity index (χ0v) is 37.3. The molecule has 0 spiro atoms. The highest BCUT2D eigenvalue weighted by atomic mass is 15.2. The summed E-state index contributed by atoms with van der Waals surface area (Å²) in [6.45, 7) is 14.7. The van der Waals surface area contributed by atoms with Gasteiger partial charge in [-0.3, -0.25) is 4.90 Å². The van der Waals surface area contributed by atoms with Crippen LogP contribution in [0.5, 0.6) is 0 Å². The number of anilines is 6. The molecule has 0 amide bonds. The molecule has 0 fully saturated rings. The van der Waals surface area contributed by atoms with Crippen LogP contribution < -0.4 is 9.80 Å². The Bertz CT molecular complexity index is 3450. The van der Waals surface area contributed by atoms with Gasteiger partial charge in [0.1, 0.15) is 5.82 Å². The molecule has 63 heavy (non-hydrogen) atoms. The van der Waals surface area contributed by atoms with Gasteiger partial charge in [-0.05, 0) is 119 Å². The minimum Gasteiger partial charge on any atom is -0.309 e. The predicted octanol–water partition coefficient (Wildman–Crippen LogP) is 17.9. The summed E-state index contributed by atoms with van der Waals surface area (Å²) < 4.78 is 0. The molecule has 0 aliphatic rings. The van der Waals surface area contributed by atoms with Gasteiger partial charge in [-0.2, -0.15) is 0 Å². The van der Waals surface area contributed by atoms with Crippen molar-refractivity contribution in [3.05, 3.63) is 211 Å². The number of pyridine rings is 1. The maximum absolute atomic E-state index is 5.24. The molecule has 0 bridgehead atoms. The van der Waals surface area contributed by atoms with Crippen molar-refractivity contribution in [3.8, 4) is 0 Å². The lowest BCUT2D eigenvalue weighted by Crippen LogP contribution is -2.16. The van der Waals surface area contributed by atoms with Crippen LogP contribution in [0.15, 0.2) is 194 Å². The summed E-state index contributed by atoms with van der Waals surface area (Å²) in [6.07, 6.45) is 1.95. The molecule has 11 rings (SSSR count). The van der Waals surface area contributed by atoms with E-state index in [0.29, 0.717) is 0 Å². The molecular formula is C60H53N3. The van der Waals surface area contributed by atoms with Gasteiger partial charge in [-0.15, -0.1) is 0 Å². The Balaban J connectivity index is 0.00000123. The van der Waals surface area contributed by atoms with Crippen LogP contribution in [0.2, 0.25) is 0 Å². The molecule has 308 valence electrons. The Kier molecular flexibility index (Phi) is 11.3. The smallest absolute Gasteiger partial charge is 0.145 e. The van der Waals surface area contributed by atoms with Crippen molar-refractivity contribution in [3.63, 3.8) is 0 Å². The van der Waals surface area contributed by atoms with E-state index >= 15 is 0 Å². The van der Waals surface area contributed by atoms with E-state index in [1.54, 1.807) is 0 Å². The average molecular weight is 816 g/mol. The number of hydrogen-bond donors (Lipinski definition) is 0. The second kappa shape index (κ2) is 17.5. The van der Waals surface area contributed by atoms with Gasteiger partial charge in [0.05, 0.1) is 17.1 Å². The Morgan fingerprint density at radius 2 is 0.810 bits per heavy atom. The quantitative estimate of drug-likeness (QED) is 0.123. The average Bonchev–Trinajstić information content (AvgIpc) is 3.34. The van der Waals surface area contributed by atoms with Gasteiger partial charge < -0.3 is 4.90 Å². The molecule has 0 unspecified atom stereocenters. The molecule has 0 radical (unpaired) electrons. The van der Waals surface area contributed by atoms with E-state index in [2.05, 4.69) is 219 Å². The van der Waals surface area contributed by atoms with Gasteiger partial charge in [-0.25, -0.2) is 4.98 Å². The Morgan fingerprint density at radius 3 is 1.43 bits per heavy atom. The zero-order valence-electron chi connectivity index (χ0n) is 37.3. The number of rotatable bonds is 6. The number of nitrogens with zero attached hydrogens (tertiary/aromatic N) is 3. The van der Waals surface area contributed by atoms with Gasteiger partial charge in [0.15, 0.2) is 0 Å². The van der Waals surface area contributed by atoms with Crippen LogP contribution in [0.4, 0.5) is 34.3 Å². The van der Waals surface area contributed by atoms with E-state index in [0.717, 1.165) is 55.8 Å². The van der Waals surface area contributed by atoms with Crippen LogP contribution in [0.3, 0.4) is 0 Å². The first-order chi connectivity index (χ1) is 31.0. The van der Waals surface area contributed by atoms with E-state index < -0.39 is 0 Å². The molecule has 0 atom stereocenters. The molecule has 1 heterocycles. The third-order valence-corrected chi connectivity index (χ3v) is 12.1. The molecule has 3 nitrogen and oxygen atoms in total. The van der Waals surface area contributed by atoms with Gasteiger partial charge in [-0.1, -0.05) is 167 Å².